The molecule has 5 heteroatoms. The van der Waals surface area contributed by atoms with Crippen molar-refractivity contribution in [2.75, 3.05) is 6.54 Å². The molecule has 2 aromatic carbocycles. The fourth-order valence-corrected chi connectivity index (χ4v) is 2.82. The molecule has 2 aromatic rings. The maximum atomic E-state index is 11.7. The Bertz CT molecular complexity index is 589. The third-order valence-electron chi connectivity index (χ3n) is 3.68. The van der Waals surface area contributed by atoms with Crippen LogP contribution < -0.4 is 5.32 Å². The summed E-state index contributed by atoms with van der Waals surface area (Å²) in [6.07, 6.45) is 8.67. The van der Waals surface area contributed by atoms with Crippen molar-refractivity contribution >= 4 is 22.8 Å². The zero-order chi connectivity index (χ0) is 18.9. The van der Waals surface area contributed by atoms with Gasteiger partial charge >= 0.3 is 0 Å². The van der Waals surface area contributed by atoms with Crippen LogP contribution in [0.1, 0.15) is 55.8 Å². The van der Waals surface area contributed by atoms with Gasteiger partial charge in [0.1, 0.15) is 0 Å². The van der Waals surface area contributed by atoms with E-state index in [9.17, 15) is 9.59 Å². The van der Waals surface area contributed by atoms with Gasteiger partial charge in [-0.3, -0.25) is 9.59 Å². The van der Waals surface area contributed by atoms with E-state index in [1.807, 2.05) is 42.5 Å². The minimum Gasteiger partial charge on any atom is -0.748 e. The monoisotopic (exact) mass is 427 g/mol. The van der Waals surface area contributed by atoms with Crippen molar-refractivity contribution in [1.82, 2.24) is 5.32 Å². The number of nitrogens with one attached hydrogen (secondary N) is 1. The number of thioether (sulfide) groups is 1. The first-order valence-corrected chi connectivity index (χ1v) is 10.2. The van der Waals surface area contributed by atoms with Gasteiger partial charge in [0.05, 0.1) is 0 Å². The van der Waals surface area contributed by atoms with Crippen molar-refractivity contribution < 1.29 is 26.7 Å². The maximum Gasteiger partial charge on any atom is 0.244 e. The van der Waals surface area contributed by atoms with Crippen molar-refractivity contribution in [3.63, 3.8) is 0 Å². The largest absolute Gasteiger partial charge is 0.748 e. The molecule has 0 fully saturated rings. The molecule has 0 atom stereocenters. The molecule has 0 aliphatic rings. The third-order valence-corrected chi connectivity index (χ3v) is 4.40. The number of carbonyl (C=O) groups excluding carboxylic acids is 2. The fraction of sp³-hybridized carbons (Fsp3) is 0.364. The van der Waals surface area contributed by atoms with Gasteiger partial charge in [0, 0.05) is 29.7 Å². The second-order valence-electron chi connectivity index (χ2n) is 5.90. The van der Waals surface area contributed by atoms with Gasteiger partial charge in [-0.2, -0.15) is 12.1 Å². The van der Waals surface area contributed by atoms with Crippen LogP contribution in [0.15, 0.2) is 66.1 Å². The molecule has 0 aliphatic heterocycles. The van der Waals surface area contributed by atoms with Gasteiger partial charge in [-0.25, -0.2) is 12.1 Å². The van der Waals surface area contributed by atoms with Crippen LogP contribution in [-0.4, -0.2) is 17.6 Å². The zero-order valence-corrected chi connectivity index (χ0v) is 17.8. The van der Waals surface area contributed by atoms with Gasteiger partial charge in [-0.05, 0) is 11.8 Å². The SMILES string of the molecule is CCCCCCCCNC(=O)C=CSC(=O)[c-]1cccc1.[Fe].[cH-]1[cH-][cH-][cH-][cH-]1. The van der Waals surface area contributed by atoms with Gasteiger partial charge < -0.3 is 35.6 Å². The van der Waals surface area contributed by atoms with Crippen molar-refractivity contribution in [1.29, 1.82) is 0 Å². The molecule has 0 spiro atoms. The number of unbranched alkanes of at least 4 members (excludes halogenated alkanes) is 5. The van der Waals surface area contributed by atoms with Crippen molar-refractivity contribution in [3.05, 3.63) is 71.6 Å². The number of hydrogen-bond acceptors (Lipinski definition) is 3. The molecule has 0 saturated carbocycles. The van der Waals surface area contributed by atoms with Crippen LogP contribution >= 0.6 is 11.8 Å². The quantitative estimate of drug-likeness (QED) is 0.230. The first-order chi connectivity index (χ1) is 12.7. The number of amides is 1. The summed E-state index contributed by atoms with van der Waals surface area (Å²) in [6, 6.07) is 17.2. The van der Waals surface area contributed by atoms with Crippen LogP contribution in [0.5, 0.6) is 0 Å². The van der Waals surface area contributed by atoms with Gasteiger partial charge in [0.15, 0.2) is 5.12 Å². The molecule has 0 bridgehead atoms. The van der Waals surface area contributed by atoms with E-state index in [0.717, 1.165) is 24.6 Å². The average molecular weight is 427 g/mol. The van der Waals surface area contributed by atoms with Gasteiger partial charge in [-0.1, -0.05) is 56.4 Å². The molecule has 2 rings (SSSR count). The van der Waals surface area contributed by atoms with E-state index in [-0.39, 0.29) is 28.1 Å². The minimum absolute atomic E-state index is 0. The summed E-state index contributed by atoms with van der Waals surface area (Å²) < 4.78 is 0. The molecule has 0 aromatic heterocycles. The van der Waals surface area contributed by atoms with Gasteiger partial charge in [-0.15, -0.1) is 0 Å². The summed E-state index contributed by atoms with van der Waals surface area (Å²) in [6.45, 7) is 2.91. The molecule has 0 aliphatic carbocycles. The van der Waals surface area contributed by atoms with Gasteiger partial charge in [0.2, 0.25) is 5.91 Å². The Morgan fingerprint density at radius 1 is 0.963 bits per heavy atom. The van der Waals surface area contributed by atoms with E-state index < -0.39 is 0 Å². The topological polar surface area (TPSA) is 46.2 Å². The molecule has 3 nitrogen and oxygen atoms in total. The predicted octanol–water partition coefficient (Wildman–Crippen LogP) is 5.67. The standard InChI is InChI=1S/C17H24NO2S.C5H5.Fe/c1-2-3-4-5-6-9-13-18-16(19)12-14-21-17(20)15-10-7-8-11-15;1-2-4-5-3-1;/h7-8,10-12,14H,2-6,9,13H2,1H3,(H,18,19);1-5H;/q-1;-5;. The molecule has 0 unspecified atom stereocenters. The second-order valence-corrected chi connectivity index (χ2v) is 6.78. The van der Waals surface area contributed by atoms with E-state index >= 15 is 0 Å². The summed E-state index contributed by atoms with van der Waals surface area (Å²) in [5, 5.41) is 4.34. The minimum atomic E-state index is -0.133. The van der Waals surface area contributed by atoms with Gasteiger partial charge in [0.25, 0.3) is 0 Å². The van der Waals surface area contributed by atoms with Crippen LogP contribution in [0.3, 0.4) is 0 Å². The Hall–Kier alpha value is -1.55. The normalized spacial score (nSPS) is 9.96. The summed E-state index contributed by atoms with van der Waals surface area (Å²) in [5.74, 6) is -0.133. The number of hydrogen-bond donors (Lipinski definition) is 1. The third kappa shape index (κ3) is 14.2. The van der Waals surface area contributed by atoms with E-state index in [1.165, 1.54) is 31.8 Å². The smallest absolute Gasteiger partial charge is 0.244 e. The van der Waals surface area contributed by atoms with Crippen LogP contribution in [0.4, 0.5) is 0 Å². The van der Waals surface area contributed by atoms with Crippen LogP contribution in [0.25, 0.3) is 0 Å². The van der Waals surface area contributed by atoms with Crippen LogP contribution in [0.2, 0.25) is 0 Å². The Morgan fingerprint density at radius 3 is 2.11 bits per heavy atom. The van der Waals surface area contributed by atoms with E-state index in [4.69, 9.17) is 0 Å². The van der Waals surface area contributed by atoms with Crippen molar-refractivity contribution in [2.45, 2.75) is 45.4 Å². The molecule has 1 N–H and O–H groups in total. The Balaban J connectivity index is 0.000000969. The summed E-state index contributed by atoms with van der Waals surface area (Å²) in [7, 11) is 0. The predicted molar refractivity (Wildman–Crippen MR) is 112 cm³/mol. The average Bonchev–Trinajstić information content (AvgIpc) is 3.36. The van der Waals surface area contributed by atoms with E-state index in [2.05, 4.69) is 12.2 Å². The number of rotatable bonds is 10. The second kappa shape index (κ2) is 17.8. The zero-order valence-electron chi connectivity index (χ0n) is 15.9. The van der Waals surface area contributed by atoms with E-state index in [1.54, 1.807) is 17.5 Å². The summed E-state index contributed by atoms with van der Waals surface area (Å²) in [5.41, 5.74) is 0.664. The molecule has 0 saturated heterocycles. The number of carbonyl (C=O) groups is 2. The Labute approximate surface area is 178 Å². The molecule has 1 amide bonds. The fourth-order valence-electron chi connectivity index (χ4n) is 2.23. The first kappa shape index (κ1) is 25.4. The molecule has 27 heavy (non-hydrogen) atoms. The van der Waals surface area contributed by atoms with Crippen LogP contribution in [0, 0.1) is 0 Å². The molecule has 154 valence electrons. The Morgan fingerprint density at radius 2 is 1.52 bits per heavy atom. The molecular formula is C22H29FeNO2S-6. The maximum absolute atomic E-state index is 11.7. The Kier molecular flexibility index (Phi) is 16.8. The van der Waals surface area contributed by atoms with Crippen molar-refractivity contribution in [3.8, 4) is 0 Å². The molecule has 0 radical (unpaired) electrons. The van der Waals surface area contributed by atoms with E-state index in [0.29, 0.717) is 12.1 Å². The van der Waals surface area contributed by atoms with Crippen LogP contribution in [-0.2, 0) is 21.9 Å². The molecular weight excluding hydrogens is 398 g/mol. The van der Waals surface area contributed by atoms with Crippen molar-refractivity contribution in [2.24, 2.45) is 0 Å². The molecule has 0 heterocycles. The summed E-state index contributed by atoms with van der Waals surface area (Å²) in [4.78, 5) is 23.2. The first-order valence-electron chi connectivity index (χ1n) is 9.27. The summed E-state index contributed by atoms with van der Waals surface area (Å²) >= 11 is 1.03.